The molecule has 0 aliphatic carbocycles. The SMILES string of the molecule is CCCNC(Cc1cncs1)Cc1ccccc1OC. The summed E-state index contributed by atoms with van der Waals surface area (Å²) in [6.45, 7) is 3.23. The van der Waals surface area contributed by atoms with Crippen LogP contribution in [0.25, 0.3) is 0 Å². The van der Waals surface area contributed by atoms with Crippen molar-refractivity contribution >= 4 is 11.3 Å². The Morgan fingerprint density at radius 1 is 1.30 bits per heavy atom. The standard InChI is InChI=1S/C16H22N2OS/c1-3-8-18-14(10-15-11-17-12-20-15)9-13-6-4-5-7-16(13)19-2/h4-7,11-12,14,18H,3,8-10H2,1-2H3. The highest BCUT2D eigenvalue weighted by molar-refractivity contribution is 7.09. The van der Waals surface area contributed by atoms with E-state index in [2.05, 4.69) is 29.4 Å². The van der Waals surface area contributed by atoms with E-state index in [1.165, 1.54) is 10.4 Å². The Kier molecular flexibility index (Phi) is 6.02. The number of nitrogens with one attached hydrogen (secondary N) is 1. The summed E-state index contributed by atoms with van der Waals surface area (Å²) in [6.07, 6.45) is 5.10. The third kappa shape index (κ3) is 4.32. The molecule has 1 unspecified atom stereocenters. The van der Waals surface area contributed by atoms with Crippen molar-refractivity contribution in [1.82, 2.24) is 10.3 Å². The lowest BCUT2D eigenvalue weighted by molar-refractivity contribution is 0.404. The summed E-state index contributed by atoms with van der Waals surface area (Å²) < 4.78 is 5.45. The third-order valence-corrected chi connectivity index (χ3v) is 4.07. The summed E-state index contributed by atoms with van der Waals surface area (Å²) in [5.41, 5.74) is 3.16. The van der Waals surface area contributed by atoms with Crippen LogP contribution in [0.15, 0.2) is 36.0 Å². The number of para-hydroxylation sites is 1. The smallest absolute Gasteiger partial charge is 0.122 e. The van der Waals surface area contributed by atoms with Gasteiger partial charge in [0.15, 0.2) is 0 Å². The van der Waals surface area contributed by atoms with Gasteiger partial charge in [0.25, 0.3) is 0 Å². The molecule has 0 aliphatic rings. The quantitative estimate of drug-likeness (QED) is 0.810. The molecule has 0 radical (unpaired) electrons. The molecule has 20 heavy (non-hydrogen) atoms. The normalized spacial score (nSPS) is 12.3. The van der Waals surface area contributed by atoms with Crippen molar-refractivity contribution in [3.63, 3.8) is 0 Å². The topological polar surface area (TPSA) is 34.2 Å². The number of thiazole rings is 1. The van der Waals surface area contributed by atoms with Crippen LogP contribution in [0.4, 0.5) is 0 Å². The van der Waals surface area contributed by atoms with Crippen LogP contribution in [-0.4, -0.2) is 24.7 Å². The molecule has 108 valence electrons. The molecule has 4 heteroatoms. The van der Waals surface area contributed by atoms with E-state index in [-0.39, 0.29) is 0 Å². The van der Waals surface area contributed by atoms with Crippen LogP contribution in [0.2, 0.25) is 0 Å². The molecule has 0 fully saturated rings. The molecule has 1 aromatic heterocycles. The van der Waals surface area contributed by atoms with E-state index in [0.29, 0.717) is 6.04 Å². The third-order valence-electron chi connectivity index (χ3n) is 3.27. The molecule has 2 aromatic rings. The van der Waals surface area contributed by atoms with E-state index in [4.69, 9.17) is 4.74 Å². The fourth-order valence-corrected chi connectivity index (χ4v) is 2.96. The zero-order valence-electron chi connectivity index (χ0n) is 12.1. The van der Waals surface area contributed by atoms with Gasteiger partial charge in [-0.2, -0.15) is 0 Å². The number of hydrogen-bond donors (Lipinski definition) is 1. The lowest BCUT2D eigenvalue weighted by atomic mass is 10.0. The van der Waals surface area contributed by atoms with Gasteiger partial charge in [-0.05, 0) is 37.4 Å². The first kappa shape index (κ1) is 15.0. The minimum atomic E-state index is 0.423. The van der Waals surface area contributed by atoms with Gasteiger partial charge in [-0.25, -0.2) is 0 Å². The molecule has 3 nitrogen and oxygen atoms in total. The number of nitrogens with zero attached hydrogens (tertiary/aromatic N) is 1. The van der Waals surface area contributed by atoms with E-state index in [0.717, 1.165) is 31.6 Å². The van der Waals surface area contributed by atoms with Crippen LogP contribution < -0.4 is 10.1 Å². The monoisotopic (exact) mass is 290 g/mol. The maximum atomic E-state index is 5.45. The van der Waals surface area contributed by atoms with Gasteiger partial charge in [0.2, 0.25) is 0 Å². The van der Waals surface area contributed by atoms with Crippen LogP contribution in [0.5, 0.6) is 5.75 Å². The Morgan fingerprint density at radius 2 is 2.15 bits per heavy atom. The van der Waals surface area contributed by atoms with Gasteiger partial charge in [0, 0.05) is 17.1 Å². The van der Waals surface area contributed by atoms with Gasteiger partial charge in [-0.1, -0.05) is 25.1 Å². The second-order valence-corrected chi connectivity index (χ2v) is 5.81. The second kappa shape index (κ2) is 8.02. The van der Waals surface area contributed by atoms with Crippen LogP contribution in [0, 0.1) is 0 Å². The fraction of sp³-hybridized carbons (Fsp3) is 0.438. The first-order chi connectivity index (χ1) is 9.83. The summed E-state index contributed by atoms with van der Waals surface area (Å²) in [4.78, 5) is 5.49. The van der Waals surface area contributed by atoms with Crippen LogP contribution in [0.1, 0.15) is 23.8 Å². The molecular formula is C16H22N2OS. The van der Waals surface area contributed by atoms with Crippen molar-refractivity contribution in [2.24, 2.45) is 0 Å². The molecule has 0 amide bonds. The number of rotatable bonds is 8. The Hall–Kier alpha value is -1.39. The fourth-order valence-electron chi connectivity index (χ4n) is 2.29. The number of benzene rings is 1. The average molecular weight is 290 g/mol. The highest BCUT2D eigenvalue weighted by Gasteiger charge is 2.13. The first-order valence-electron chi connectivity index (χ1n) is 7.06. The average Bonchev–Trinajstić information content (AvgIpc) is 2.98. The lowest BCUT2D eigenvalue weighted by Crippen LogP contribution is -2.33. The lowest BCUT2D eigenvalue weighted by Gasteiger charge is -2.19. The summed E-state index contributed by atoms with van der Waals surface area (Å²) in [6, 6.07) is 8.68. The molecule has 0 aliphatic heterocycles. The largest absolute Gasteiger partial charge is 0.496 e. The molecule has 1 aromatic carbocycles. The van der Waals surface area contributed by atoms with Crippen molar-refractivity contribution in [2.75, 3.05) is 13.7 Å². The van der Waals surface area contributed by atoms with Gasteiger partial charge in [-0.15, -0.1) is 11.3 Å². The van der Waals surface area contributed by atoms with Gasteiger partial charge >= 0.3 is 0 Å². The number of methoxy groups -OCH3 is 1. The zero-order chi connectivity index (χ0) is 14.2. The van der Waals surface area contributed by atoms with E-state index < -0.39 is 0 Å². The van der Waals surface area contributed by atoms with Crippen molar-refractivity contribution in [2.45, 2.75) is 32.2 Å². The Labute approximate surface area is 125 Å². The van der Waals surface area contributed by atoms with Gasteiger partial charge in [0.1, 0.15) is 5.75 Å². The van der Waals surface area contributed by atoms with Crippen LogP contribution in [0.3, 0.4) is 0 Å². The Bertz CT molecular complexity index is 499. The van der Waals surface area contributed by atoms with Crippen LogP contribution >= 0.6 is 11.3 Å². The van der Waals surface area contributed by atoms with Crippen LogP contribution in [-0.2, 0) is 12.8 Å². The summed E-state index contributed by atoms with van der Waals surface area (Å²) in [7, 11) is 1.73. The highest BCUT2D eigenvalue weighted by Crippen LogP contribution is 2.20. The molecule has 0 bridgehead atoms. The molecule has 0 spiro atoms. The molecule has 0 saturated heterocycles. The summed E-state index contributed by atoms with van der Waals surface area (Å²) >= 11 is 1.72. The van der Waals surface area contributed by atoms with Crippen molar-refractivity contribution in [1.29, 1.82) is 0 Å². The van der Waals surface area contributed by atoms with Gasteiger partial charge < -0.3 is 10.1 Å². The molecule has 2 rings (SSSR count). The van der Waals surface area contributed by atoms with Crippen molar-refractivity contribution < 1.29 is 4.74 Å². The van der Waals surface area contributed by atoms with E-state index >= 15 is 0 Å². The number of ether oxygens (including phenoxy) is 1. The first-order valence-corrected chi connectivity index (χ1v) is 7.94. The maximum absolute atomic E-state index is 5.45. The molecule has 1 N–H and O–H groups in total. The number of hydrogen-bond acceptors (Lipinski definition) is 4. The van der Waals surface area contributed by atoms with Gasteiger partial charge in [0.05, 0.1) is 12.6 Å². The van der Waals surface area contributed by atoms with Gasteiger partial charge in [-0.3, -0.25) is 4.98 Å². The van der Waals surface area contributed by atoms with E-state index in [1.54, 1.807) is 18.4 Å². The van der Waals surface area contributed by atoms with E-state index in [9.17, 15) is 0 Å². The highest BCUT2D eigenvalue weighted by atomic mass is 32.1. The summed E-state index contributed by atoms with van der Waals surface area (Å²) in [5, 5.41) is 3.63. The van der Waals surface area contributed by atoms with Crippen molar-refractivity contribution in [3.05, 3.63) is 46.4 Å². The molecule has 1 atom stereocenters. The second-order valence-electron chi connectivity index (χ2n) is 4.84. The minimum absolute atomic E-state index is 0.423. The predicted octanol–water partition coefficient (Wildman–Crippen LogP) is 3.31. The molecule has 0 saturated carbocycles. The van der Waals surface area contributed by atoms with Crippen molar-refractivity contribution in [3.8, 4) is 5.75 Å². The maximum Gasteiger partial charge on any atom is 0.122 e. The molecule has 1 heterocycles. The number of aromatic nitrogens is 1. The molecular weight excluding hydrogens is 268 g/mol. The Morgan fingerprint density at radius 3 is 2.85 bits per heavy atom. The summed E-state index contributed by atoms with van der Waals surface area (Å²) in [5.74, 6) is 0.972. The Balaban J connectivity index is 2.06. The zero-order valence-corrected chi connectivity index (χ0v) is 13.0. The predicted molar refractivity (Wildman–Crippen MR) is 84.6 cm³/mol. The minimum Gasteiger partial charge on any atom is -0.496 e. The van der Waals surface area contributed by atoms with E-state index in [1.807, 2.05) is 23.8 Å².